The van der Waals surface area contributed by atoms with Gasteiger partial charge in [-0.2, -0.15) is 10.4 Å². The first-order chi connectivity index (χ1) is 11.6. The highest BCUT2D eigenvalue weighted by atomic mass is 16.1. The number of rotatable bonds is 4. The fraction of sp³-hybridized carbons (Fsp3) is 0.421. The molecule has 1 heterocycles. The molecule has 1 fully saturated rings. The summed E-state index contributed by atoms with van der Waals surface area (Å²) >= 11 is 0. The van der Waals surface area contributed by atoms with Crippen LogP contribution in [0.4, 0.5) is 0 Å². The molecule has 5 heteroatoms. The number of hydrogen-bond donors (Lipinski definition) is 1. The molecule has 0 aliphatic heterocycles. The normalized spacial score (nSPS) is 13.4. The molecule has 1 saturated carbocycles. The fourth-order valence-corrected chi connectivity index (χ4v) is 2.78. The molecule has 2 N–H and O–H groups in total. The number of nitrogens with zero attached hydrogens (tertiary/aromatic N) is 3. The van der Waals surface area contributed by atoms with Gasteiger partial charge in [-0.1, -0.05) is 39.0 Å². The zero-order chi connectivity index (χ0) is 17.5. The van der Waals surface area contributed by atoms with Gasteiger partial charge in [0, 0.05) is 0 Å². The van der Waals surface area contributed by atoms with Crippen LogP contribution in [0, 0.1) is 24.2 Å². The van der Waals surface area contributed by atoms with Crippen molar-refractivity contribution in [1.82, 2.24) is 9.78 Å². The van der Waals surface area contributed by atoms with Crippen LogP contribution in [0.15, 0.2) is 30.5 Å². The SMILES string of the molecule is CCCC1CCC1.Cc1c(C(N)=O)cnn1-c1ccc(C#N)cc1. The van der Waals surface area contributed by atoms with E-state index >= 15 is 0 Å². The average molecular weight is 324 g/mol. The van der Waals surface area contributed by atoms with Gasteiger partial charge in [0.05, 0.1) is 34.8 Å². The summed E-state index contributed by atoms with van der Waals surface area (Å²) < 4.78 is 1.61. The van der Waals surface area contributed by atoms with Gasteiger partial charge in [0.15, 0.2) is 0 Å². The molecule has 2 aromatic rings. The molecule has 1 aliphatic carbocycles. The van der Waals surface area contributed by atoms with Crippen molar-refractivity contribution in [3.8, 4) is 11.8 Å². The minimum absolute atomic E-state index is 0.398. The highest BCUT2D eigenvalue weighted by Crippen LogP contribution is 2.29. The third kappa shape index (κ3) is 4.23. The number of carbonyl (C=O) groups is 1. The van der Waals surface area contributed by atoms with E-state index in [-0.39, 0.29) is 0 Å². The molecule has 1 aromatic carbocycles. The van der Waals surface area contributed by atoms with Crippen LogP contribution < -0.4 is 5.73 Å². The van der Waals surface area contributed by atoms with Crippen LogP contribution in [-0.2, 0) is 0 Å². The van der Waals surface area contributed by atoms with E-state index in [1.165, 1.54) is 38.3 Å². The molecule has 3 rings (SSSR count). The number of nitriles is 1. The summed E-state index contributed by atoms with van der Waals surface area (Å²) in [6, 6.07) is 8.96. The molecule has 0 spiro atoms. The Labute approximate surface area is 143 Å². The van der Waals surface area contributed by atoms with Crippen molar-refractivity contribution in [3.63, 3.8) is 0 Å². The van der Waals surface area contributed by atoms with Gasteiger partial charge < -0.3 is 5.73 Å². The van der Waals surface area contributed by atoms with E-state index < -0.39 is 5.91 Å². The van der Waals surface area contributed by atoms with E-state index in [9.17, 15) is 4.79 Å². The summed E-state index contributed by atoms with van der Waals surface area (Å²) in [5.41, 5.74) is 7.66. The molecule has 24 heavy (non-hydrogen) atoms. The van der Waals surface area contributed by atoms with E-state index in [4.69, 9.17) is 11.0 Å². The monoisotopic (exact) mass is 324 g/mol. The van der Waals surface area contributed by atoms with Crippen LogP contribution in [0.2, 0.25) is 0 Å². The van der Waals surface area contributed by atoms with Crippen molar-refractivity contribution >= 4 is 5.91 Å². The van der Waals surface area contributed by atoms with Crippen molar-refractivity contribution < 1.29 is 4.79 Å². The Hall–Kier alpha value is -2.61. The molecule has 0 bridgehead atoms. The van der Waals surface area contributed by atoms with Crippen molar-refractivity contribution in [3.05, 3.63) is 47.3 Å². The van der Waals surface area contributed by atoms with Gasteiger partial charge >= 0.3 is 0 Å². The first kappa shape index (κ1) is 17.7. The summed E-state index contributed by atoms with van der Waals surface area (Å²) in [6.07, 6.45) is 8.87. The standard InChI is InChI=1S/C12H10N4O.C7H14/c1-8-11(12(14)17)7-15-16(8)10-4-2-9(6-13)3-5-10;1-2-4-7-5-3-6-7/h2-5,7H,1H3,(H2,14,17);7H,2-6H2,1H3. The van der Waals surface area contributed by atoms with E-state index in [0.717, 1.165) is 11.6 Å². The Morgan fingerprint density at radius 3 is 2.42 bits per heavy atom. The first-order valence-corrected chi connectivity index (χ1v) is 8.41. The number of primary amides is 1. The zero-order valence-corrected chi connectivity index (χ0v) is 14.3. The fourth-order valence-electron chi connectivity index (χ4n) is 2.78. The summed E-state index contributed by atoms with van der Waals surface area (Å²) in [4.78, 5) is 11.1. The Balaban J connectivity index is 0.000000249. The molecular weight excluding hydrogens is 300 g/mol. The van der Waals surface area contributed by atoms with Crippen LogP contribution in [0.3, 0.4) is 0 Å². The predicted octanol–water partition coefficient (Wildman–Crippen LogP) is 3.74. The van der Waals surface area contributed by atoms with Gasteiger partial charge in [-0.15, -0.1) is 0 Å². The van der Waals surface area contributed by atoms with E-state index in [2.05, 4.69) is 12.0 Å². The first-order valence-electron chi connectivity index (χ1n) is 8.41. The van der Waals surface area contributed by atoms with Gasteiger partial charge in [0.1, 0.15) is 0 Å². The lowest BCUT2D eigenvalue weighted by atomic mass is 9.82. The second-order valence-electron chi connectivity index (χ2n) is 6.16. The molecular formula is C19H24N4O. The third-order valence-corrected chi connectivity index (χ3v) is 4.44. The quantitative estimate of drug-likeness (QED) is 0.929. The maximum absolute atomic E-state index is 11.1. The Morgan fingerprint density at radius 2 is 2.04 bits per heavy atom. The van der Waals surface area contributed by atoms with Crippen LogP contribution in [0.25, 0.3) is 5.69 Å². The summed E-state index contributed by atoms with van der Waals surface area (Å²) in [5, 5.41) is 12.8. The van der Waals surface area contributed by atoms with E-state index in [0.29, 0.717) is 16.8 Å². The summed E-state index contributed by atoms with van der Waals surface area (Å²) in [6.45, 7) is 4.05. The second-order valence-corrected chi connectivity index (χ2v) is 6.16. The summed E-state index contributed by atoms with van der Waals surface area (Å²) in [5.74, 6) is 0.632. The molecule has 1 aliphatic rings. The maximum atomic E-state index is 11.1. The number of aromatic nitrogens is 2. The molecule has 1 amide bonds. The largest absolute Gasteiger partial charge is 0.365 e. The highest BCUT2D eigenvalue weighted by molar-refractivity contribution is 5.93. The smallest absolute Gasteiger partial charge is 0.252 e. The van der Waals surface area contributed by atoms with Crippen LogP contribution in [0.5, 0.6) is 0 Å². The number of hydrogen-bond acceptors (Lipinski definition) is 3. The highest BCUT2D eigenvalue weighted by Gasteiger charge is 2.15. The Morgan fingerprint density at radius 1 is 1.38 bits per heavy atom. The molecule has 5 nitrogen and oxygen atoms in total. The Bertz CT molecular complexity index is 721. The zero-order valence-electron chi connectivity index (χ0n) is 14.3. The van der Waals surface area contributed by atoms with Crippen LogP contribution in [-0.4, -0.2) is 15.7 Å². The predicted molar refractivity (Wildman–Crippen MR) is 93.8 cm³/mol. The lowest BCUT2D eigenvalue weighted by Crippen LogP contribution is -2.12. The van der Waals surface area contributed by atoms with Crippen LogP contribution >= 0.6 is 0 Å². The number of amides is 1. The molecule has 0 saturated heterocycles. The van der Waals surface area contributed by atoms with Crippen LogP contribution in [0.1, 0.15) is 60.6 Å². The minimum atomic E-state index is -0.498. The van der Waals surface area contributed by atoms with Crippen molar-refractivity contribution in [2.45, 2.75) is 46.0 Å². The third-order valence-electron chi connectivity index (χ3n) is 4.44. The topological polar surface area (TPSA) is 84.7 Å². The van der Waals surface area contributed by atoms with Gasteiger partial charge in [-0.3, -0.25) is 4.79 Å². The number of nitrogens with two attached hydrogens (primary N) is 1. The minimum Gasteiger partial charge on any atom is -0.365 e. The number of carbonyl (C=O) groups excluding carboxylic acids is 1. The van der Waals surface area contributed by atoms with Gasteiger partial charge in [0.25, 0.3) is 5.91 Å². The van der Waals surface area contributed by atoms with E-state index in [1.54, 1.807) is 35.9 Å². The summed E-state index contributed by atoms with van der Waals surface area (Å²) in [7, 11) is 0. The Kier molecular flexibility index (Phi) is 6.14. The molecule has 126 valence electrons. The van der Waals surface area contributed by atoms with Crippen molar-refractivity contribution in [2.24, 2.45) is 11.7 Å². The molecule has 1 aromatic heterocycles. The van der Waals surface area contributed by atoms with Crippen molar-refractivity contribution in [1.29, 1.82) is 5.26 Å². The molecule has 0 atom stereocenters. The second kappa shape index (κ2) is 8.30. The average Bonchev–Trinajstić information content (AvgIpc) is 2.93. The lowest BCUT2D eigenvalue weighted by molar-refractivity contribution is 0.0999. The molecule has 0 radical (unpaired) electrons. The van der Waals surface area contributed by atoms with Gasteiger partial charge in [-0.05, 0) is 37.1 Å². The number of benzene rings is 1. The van der Waals surface area contributed by atoms with Crippen molar-refractivity contribution in [2.75, 3.05) is 0 Å². The van der Waals surface area contributed by atoms with E-state index in [1.807, 2.05) is 6.07 Å². The lowest BCUT2D eigenvalue weighted by Gasteiger charge is -2.24. The maximum Gasteiger partial charge on any atom is 0.252 e. The molecule has 0 unspecified atom stereocenters. The van der Waals surface area contributed by atoms with Gasteiger partial charge in [0.2, 0.25) is 0 Å². The van der Waals surface area contributed by atoms with Gasteiger partial charge in [-0.25, -0.2) is 4.68 Å².